The van der Waals surface area contributed by atoms with Gasteiger partial charge in [0.05, 0.1) is 5.69 Å². The van der Waals surface area contributed by atoms with E-state index in [0.717, 1.165) is 0 Å². The van der Waals surface area contributed by atoms with Crippen LogP contribution in [-0.2, 0) is 0 Å². The smallest absolute Gasteiger partial charge is 0.294 e. The SMILES string of the molecule is Cc1cc(C(=O)Nc2ccc(N)cc2)on1. The summed E-state index contributed by atoms with van der Waals surface area (Å²) in [6.45, 7) is 1.75. The Kier molecular flexibility index (Phi) is 2.59. The molecule has 3 N–H and O–H groups in total. The van der Waals surface area contributed by atoms with Crippen LogP contribution in [0.1, 0.15) is 16.2 Å². The summed E-state index contributed by atoms with van der Waals surface area (Å²) in [4.78, 5) is 11.6. The Labute approximate surface area is 92.2 Å². The van der Waals surface area contributed by atoms with Crippen molar-refractivity contribution in [3.05, 3.63) is 41.8 Å². The molecule has 1 aromatic heterocycles. The Balaban J connectivity index is 2.10. The molecule has 0 spiro atoms. The van der Waals surface area contributed by atoms with Gasteiger partial charge >= 0.3 is 0 Å². The van der Waals surface area contributed by atoms with Crippen LogP contribution in [0, 0.1) is 6.92 Å². The molecule has 2 aromatic rings. The molecule has 0 fully saturated rings. The zero-order chi connectivity index (χ0) is 11.5. The van der Waals surface area contributed by atoms with Crippen molar-refractivity contribution in [2.24, 2.45) is 0 Å². The van der Waals surface area contributed by atoms with Gasteiger partial charge in [-0.2, -0.15) is 0 Å². The number of nitrogens with zero attached hydrogens (tertiary/aromatic N) is 1. The average Bonchev–Trinajstić information content (AvgIpc) is 2.68. The summed E-state index contributed by atoms with van der Waals surface area (Å²) in [5.74, 6) is -0.139. The van der Waals surface area contributed by atoms with Gasteiger partial charge in [0.25, 0.3) is 5.91 Å². The van der Waals surface area contributed by atoms with E-state index < -0.39 is 0 Å². The largest absolute Gasteiger partial charge is 0.399 e. The third-order valence-electron chi connectivity index (χ3n) is 2.02. The topological polar surface area (TPSA) is 81.2 Å². The molecule has 2 rings (SSSR count). The van der Waals surface area contributed by atoms with Gasteiger partial charge in [-0.15, -0.1) is 0 Å². The highest BCUT2D eigenvalue weighted by atomic mass is 16.5. The lowest BCUT2D eigenvalue weighted by Crippen LogP contribution is -2.10. The van der Waals surface area contributed by atoms with E-state index in [1.165, 1.54) is 0 Å². The van der Waals surface area contributed by atoms with Crippen LogP contribution in [0.4, 0.5) is 11.4 Å². The molecular weight excluding hydrogens is 206 g/mol. The number of amides is 1. The fourth-order valence-corrected chi connectivity index (χ4v) is 1.23. The number of hydrogen-bond donors (Lipinski definition) is 2. The fraction of sp³-hybridized carbons (Fsp3) is 0.0909. The van der Waals surface area contributed by atoms with Crippen LogP contribution in [0.2, 0.25) is 0 Å². The van der Waals surface area contributed by atoms with Gasteiger partial charge in [-0.25, -0.2) is 0 Å². The summed E-state index contributed by atoms with van der Waals surface area (Å²) in [7, 11) is 0. The molecule has 5 nitrogen and oxygen atoms in total. The zero-order valence-electron chi connectivity index (χ0n) is 8.73. The summed E-state index contributed by atoms with van der Waals surface area (Å²) in [5.41, 5.74) is 7.51. The monoisotopic (exact) mass is 217 g/mol. The zero-order valence-corrected chi connectivity index (χ0v) is 8.73. The molecule has 1 heterocycles. The third kappa shape index (κ3) is 2.20. The summed E-state index contributed by atoms with van der Waals surface area (Å²) in [6.07, 6.45) is 0. The van der Waals surface area contributed by atoms with Gasteiger partial charge in [-0.3, -0.25) is 4.79 Å². The van der Waals surface area contributed by atoms with Crippen LogP contribution in [0.25, 0.3) is 0 Å². The van der Waals surface area contributed by atoms with Crippen molar-refractivity contribution in [3.8, 4) is 0 Å². The first-order valence-corrected chi connectivity index (χ1v) is 4.75. The highest BCUT2D eigenvalue weighted by molar-refractivity contribution is 6.02. The number of nitrogens with one attached hydrogen (secondary N) is 1. The van der Waals surface area contributed by atoms with E-state index in [9.17, 15) is 4.79 Å². The average molecular weight is 217 g/mol. The Hall–Kier alpha value is -2.30. The van der Waals surface area contributed by atoms with E-state index >= 15 is 0 Å². The van der Waals surface area contributed by atoms with Crippen molar-refractivity contribution in [1.29, 1.82) is 0 Å². The van der Waals surface area contributed by atoms with E-state index in [4.69, 9.17) is 10.3 Å². The molecule has 1 aromatic carbocycles. The molecule has 0 unspecified atom stereocenters. The number of carbonyl (C=O) groups excluding carboxylic acids is 1. The Morgan fingerprint density at radius 1 is 1.38 bits per heavy atom. The number of carbonyl (C=O) groups is 1. The molecule has 0 bridgehead atoms. The molecule has 0 aliphatic carbocycles. The van der Waals surface area contributed by atoms with Crippen molar-refractivity contribution >= 4 is 17.3 Å². The van der Waals surface area contributed by atoms with Crippen molar-refractivity contribution < 1.29 is 9.32 Å². The van der Waals surface area contributed by atoms with Gasteiger partial charge in [-0.05, 0) is 31.2 Å². The summed E-state index contributed by atoms with van der Waals surface area (Å²) in [6, 6.07) is 8.43. The van der Waals surface area contributed by atoms with E-state index in [1.54, 1.807) is 37.3 Å². The molecule has 0 saturated carbocycles. The van der Waals surface area contributed by atoms with Crippen LogP contribution in [0.15, 0.2) is 34.9 Å². The normalized spacial score (nSPS) is 10.1. The number of rotatable bonds is 2. The standard InChI is InChI=1S/C11H11N3O2/c1-7-6-10(16-14-7)11(15)13-9-4-2-8(12)3-5-9/h2-6H,12H2,1H3,(H,13,15). The molecule has 0 atom stereocenters. The highest BCUT2D eigenvalue weighted by Gasteiger charge is 2.11. The number of aromatic nitrogens is 1. The van der Waals surface area contributed by atoms with Gasteiger partial charge in [0.15, 0.2) is 0 Å². The first-order chi connectivity index (χ1) is 7.65. The third-order valence-corrected chi connectivity index (χ3v) is 2.02. The predicted molar refractivity (Wildman–Crippen MR) is 60.0 cm³/mol. The van der Waals surface area contributed by atoms with Gasteiger partial charge in [-0.1, -0.05) is 5.16 Å². The number of anilines is 2. The van der Waals surface area contributed by atoms with E-state index in [2.05, 4.69) is 10.5 Å². The van der Waals surface area contributed by atoms with Gasteiger partial charge in [0, 0.05) is 17.4 Å². The lowest BCUT2D eigenvalue weighted by atomic mass is 10.3. The maximum atomic E-state index is 11.6. The molecule has 5 heteroatoms. The maximum absolute atomic E-state index is 11.6. The van der Waals surface area contributed by atoms with Gasteiger partial charge in [0.1, 0.15) is 0 Å². The predicted octanol–water partition coefficient (Wildman–Crippen LogP) is 1.82. The van der Waals surface area contributed by atoms with Crippen molar-refractivity contribution in [1.82, 2.24) is 5.16 Å². The molecule has 0 aliphatic heterocycles. The van der Waals surface area contributed by atoms with Crippen LogP contribution < -0.4 is 11.1 Å². The molecule has 0 radical (unpaired) electrons. The Morgan fingerprint density at radius 3 is 2.62 bits per heavy atom. The van der Waals surface area contributed by atoms with Crippen LogP contribution in [0.5, 0.6) is 0 Å². The molecular formula is C11H11N3O2. The number of hydrogen-bond acceptors (Lipinski definition) is 4. The molecule has 82 valence electrons. The summed E-state index contributed by atoms with van der Waals surface area (Å²) >= 11 is 0. The molecule has 16 heavy (non-hydrogen) atoms. The molecule has 0 aliphatic rings. The van der Waals surface area contributed by atoms with Crippen molar-refractivity contribution in [2.45, 2.75) is 6.92 Å². The van der Waals surface area contributed by atoms with Crippen LogP contribution in [-0.4, -0.2) is 11.1 Å². The number of nitrogens with two attached hydrogens (primary N) is 1. The van der Waals surface area contributed by atoms with E-state index in [0.29, 0.717) is 17.1 Å². The first-order valence-electron chi connectivity index (χ1n) is 4.75. The number of aryl methyl sites for hydroxylation is 1. The molecule has 1 amide bonds. The van der Waals surface area contributed by atoms with Crippen molar-refractivity contribution in [2.75, 3.05) is 11.1 Å². The lowest BCUT2D eigenvalue weighted by Gasteiger charge is -2.02. The van der Waals surface area contributed by atoms with E-state index in [1.807, 2.05) is 0 Å². The second kappa shape index (κ2) is 4.06. The Bertz CT molecular complexity index is 502. The van der Waals surface area contributed by atoms with Crippen molar-refractivity contribution in [3.63, 3.8) is 0 Å². The summed E-state index contributed by atoms with van der Waals surface area (Å²) < 4.78 is 4.84. The minimum Gasteiger partial charge on any atom is -0.399 e. The lowest BCUT2D eigenvalue weighted by molar-refractivity contribution is 0.0988. The van der Waals surface area contributed by atoms with Gasteiger partial charge < -0.3 is 15.6 Å². The van der Waals surface area contributed by atoms with Crippen LogP contribution >= 0.6 is 0 Å². The van der Waals surface area contributed by atoms with E-state index in [-0.39, 0.29) is 11.7 Å². The quantitative estimate of drug-likeness (QED) is 0.752. The fourth-order valence-electron chi connectivity index (χ4n) is 1.23. The second-order valence-electron chi connectivity index (χ2n) is 3.41. The maximum Gasteiger partial charge on any atom is 0.294 e. The van der Waals surface area contributed by atoms with Crippen LogP contribution in [0.3, 0.4) is 0 Å². The van der Waals surface area contributed by atoms with Gasteiger partial charge in [0.2, 0.25) is 5.76 Å². The number of nitrogen functional groups attached to an aromatic ring is 1. The highest BCUT2D eigenvalue weighted by Crippen LogP contribution is 2.12. The molecule has 0 saturated heterocycles. The minimum absolute atomic E-state index is 0.189. The minimum atomic E-state index is -0.328. The Morgan fingerprint density at radius 2 is 2.06 bits per heavy atom. The number of benzene rings is 1. The summed E-state index contributed by atoms with van der Waals surface area (Å²) in [5, 5.41) is 6.31. The first kappa shape index (κ1) is 10.2. The second-order valence-corrected chi connectivity index (χ2v) is 3.41.